The van der Waals surface area contributed by atoms with Crippen molar-refractivity contribution in [3.8, 4) is 0 Å². The van der Waals surface area contributed by atoms with Crippen molar-refractivity contribution in [1.29, 1.82) is 0 Å². The Morgan fingerprint density at radius 1 is 1.42 bits per heavy atom. The number of likely N-dealkylation sites (N-methyl/N-ethyl adjacent to an activating group) is 1. The largest absolute Gasteiger partial charge is 0.464 e. The second kappa shape index (κ2) is 5.68. The number of hydrogen-bond donors (Lipinski definition) is 1. The maximum atomic E-state index is 6.01. The van der Waals surface area contributed by atoms with E-state index >= 15 is 0 Å². The van der Waals surface area contributed by atoms with Gasteiger partial charge < -0.3 is 9.73 Å². The van der Waals surface area contributed by atoms with Crippen molar-refractivity contribution in [1.82, 2.24) is 10.2 Å². The highest BCUT2D eigenvalue weighted by atomic mass is 16.3. The molecule has 1 saturated heterocycles. The molecule has 3 atom stereocenters. The number of furan rings is 1. The maximum Gasteiger partial charge on any atom is 0.118 e. The van der Waals surface area contributed by atoms with Crippen molar-refractivity contribution in [2.45, 2.75) is 51.6 Å². The van der Waals surface area contributed by atoms with Crippen molar-refractivity contribution in [2.24, 2.45) is 5.92 Å². The predicted octanol–water partition coefficient (Wildman–Crippen LogP) is 2.98. The van der Waals surface area contributed by atoms with Gasteiger partial charge in [-0.25, -0.2) is 0 Å². The minimum Gasteiger partial charge on any atom is -0.464 e. The third kappa shape index (κ3) is 3.21. The topological polar surface area (TPSA) is 28.4 Å². The van der Waals surface area contributed by atoms with E-state index in [9.17, 15) is 0 Å². The van der Waals surface area contributed by atoms with Crippen molar-refractivity contribution in [3.63, 3.8) is 0 Å². The molecule has 0 spiro atoms. The van der Waals surface area contributed by atoms with E-state index in [-0.39, 0.29) is 0 Å². The normalized spacial score (nSPS) is 30.2. The number of hydrogen-bond acceptors (Lipinski definition) is 3. The Balaban J connectivity index is 1.54. The fraction of sp³-hybridized carbons (Fsp3) is 0.750. The van der Waals surface area contributed by atoms with E-state index in [1.54, 1.807) is 0 Å². The van der Waals surface area contributed by atoms with E-state index in [1.165, 1.54) is 31.6 Å². The van der Waals surface area contributed by atoms with Gasteiger partial charge in [0, 0.05) is 18.5 Å². The average molecular weight is 262 g/mol. The molecule has 1 aliphatic carbocycles. The van der Waals surface area contributed by atoms with Gasteiger partial charge in [0.2, 0.25) is 0 Å². The molecule has 1 aromatic rings. The molecule has 2 heterocycles. The first-order valence-electron chi connectivity index (χ1n) is 7.80. The quantitative estimate of drug-likeness (QED) is 0.854. The molecule has 3 rings (SSSR count). The lowest BCUT2D eigenvalue weighted by molar-refractivity contribution is 0.232. The van der Waals surface area contributed by atoms with Gasteiger partial charge in [-0.15, -0.1) is 0 Å². The van der Waals surface area contributed by atoms with Crippen LogP contribution in [0.25, 0.3) is 0 Å². The number of rotatable bonds is 6. The highest BCUT2D eigenvalue weighted by Crippen LogP contribution is 2.47. The molecule has 0 amide bonds. The molecular formula is C16H26N2O. The molecule has 3 unspecified atom stereocenters. The van der Waals surface area contributed by atoms with Crippen LogP contribution in [0.5, 0.6) is 0 Å². The molecule has 1 aliphatic heterocycles. The Bertz CT molecular complexity index is 409. The summed E-state index contributed by atoms with van der Waals surface area (Å²) in [6, 6.07) is 5.04. The molecule has 2 aliphatic rings. The minimum atomic E-state index is 0.679. The molecule has 1 aromatic heterocycles. The van der Waals surface area contributed by atoms with Crippen LogP contribution in [-0.4, -0.2) is 30.6 Å². The van der Waals surface area contributed by atoms with Gasteiger partial charge in [-0.05, 0) is 50.4 Å². The molecular weight excluding hydrogens is 236 g/mol. The summed E-state index contributed by atoms with van der Waals surface area (Å²) in [5.74, 6) is 3.86. The summed E-state index contributed by atoms with van der Waals surface area (Å²) >= 11 is 0. The first-order chi connectivity index (χ1) is 9.26. The first-order valence-corrected chi connectivity index (χ1v) is 7.80. The van der Waals surface area contributed by atoms with Gasteiger partial charge in [0.15, 0.2) is 0 Å². The first kappa shape index (κ1) is 13.2. The highest BCUT2D eigenvalue weighted by Gasteiger charge is 2.36. The summed E-state index contributed by atoms with van der Waals surface area (Å²) in [7, 11) is 0. The van der Waals surface area contributed by atoms with Crippen LogP contribution in [-0.2, 0) is 6.54 Å². The van der Waals surface area contributed by atoms with Gasteiger partial charge in [0.25, 0.3) is 0 Å². The van der Waals surface area contributed by atoms with E-state index in [1.807, 2.05) is 0 Å². The second-order valence-corrected chi connectivity index (χ2v) is 6.24. The lowest BCUT2D eigenvalue weighted by Crippen LogP contribution is -2.37. The molecule has 0 bridgehead atoms. The molecule has 3 heteroatoms. The predicted molar refractivity (Wildman–Crippen MR) is 77.2 cm³/mol. The van der Waals surface area contributed by atoms with E-state index in [0.29, 0.717) is 12.0 Å². The molecule has 0 radical (unpaired) electrons. The zero-order valence-corrected chi connectivity index (χ0v) is 12.2. The van der Waals surface area contributed by atoms with Gasteiger partial charge >= 0.3 is 0 Å². The summed E-state index contributed by atoms with van der Waals surface area (Å²) in [6.07, 6.45) is 3.95. The van der Waals surface area contributed by atoms with Crippen LogP contribution in [0.4, 0.5) is 0 Å². The summed E-state index contributed by atoms with van der Waals surface area (Å²) in [4.78, 5) is 2.49. The second-order valence-electron chi connectivity index (χ2n) is 6.24. The molecule has 2 fully saturated rings. The van der Waals surface area contributed by atoms with Gasteiger partial charge in [-0.3, -0.25) is 4.90 Å². The van der Waals surface area contributed by atoms with Crippen molar-refractivity contribution in [3.05, 3.63) is 23.7 Å². The minimum absolute atomic E-state index is 0.679. The van der Waals surface area contributed by atoms with Crippen LogP contribution < -0.4 is 5.32 Å². The molecule has 1 N–H and O–H groups in total. The Labute approximate surface area is 116 Å². The summed E-state index contributed by atoms with van der Waals surface area (Å²) in [5, 5.41) is 3.57. The Kier molecular flexibility index (Phi) is 3.94. The Morgan fingerprint density at radius 3 is 2.89 bits per heavy atom. The lowest BCUT2D eigenvalue weighted by Gasteiger charge is -2.23. The van der Waals surface area contributed by atoms with Gasteiger partial charge in [0.1, 0.15) is 11.5 Å². The van der Waals surface area contributed by atoms with Crippen molar-refractivity contribution in [2.75, 3.05) is 19.6 Å². The average Bonchev–Trinajstić information content (AvgIpc) is 2.87. The monoisotopic (exact) mass is 262 g/mol. The smallest absolute Gasteiger partial charge is 0.118 e. The molecule has 3 nitrogen and oxygen atoms in total. The fourth-order valence-corrected chi connectivity index (χ4v) is 3.15. The maximum absolute atomic E-state index is 6.01. The Morgan fingerprint density at radius 2 is 2.26 bits per heavy atom. The van der Waals surface area contributed by atoms with Crippen LogP contribution in [0.15, 0.2) is 16.5 Å². The summed E-state index contributed by atoms with van der Waals surface area (Å²) in [6.45, 7) is 8.92. The SMILES string of the molecule is CCN(Cc1ccc(C2CC2C)o1)CC1CCCN1. The van der Waals surface area contributed by atoms with E-state index in [0.717, 1.165) is 31.3 Å². The third-order valence-electron chi connectivity index (χ3n) is 4.62. The molecule has 106 valence electrons. The van der Waals surface area contributed by atoms with Gasteiger partial charge in [0.05, 0.1) is 6.54 Å². The fourth-order valence-electron chi connectivity index (χ4n) is 3.15. The summed E-state index contributed by atoms with van der Waals surface area (Å²) in [5.41, 5.74) is 0. The molecule has 0 aromatic carbocycles. The standard InChI is InChI=1S/C16H26N2O/c1-3-18(10-13-5-4-8-17-13)11-14-6-7-16(19-14)15-9-12(15)2/h6-7,12-13,15,17H,3-5,8-11H2,1-2H3. The molecule has 1 saturated carbocycles. The van der Waals surface area contributed by atoms with E-state index in [4.69, 9.17) is 4.42 Å². The third-order valence-corrected chi connectivity index (χ3v) is 4.62. The van der Waals surface area contributed by atoms with Crippen molar-refractivity contribution >= 4 is 0 Å². The lowest BCUT2D eigenvalue weighted by atomic mass is 10.2. The van der Waals surface area contributed by atoms with E-state index < -0.39 is 0 Å². The van der Waals surface area contributed by atoms with Gasteiger partial charge in [-0.2, -0.15) is 0 Å². The molecule has 19 heavy (non-hydrogen) atoms. The van der Waals surface area contributed by atoms with Crippen LogP contribution in [0.2, 0.25) is 0 Å². The zero-order chi connectivity index (χ0) is 13.2. The Hall–Kier alpha value is -0.800. The van der Waals surface area contributed by atoms with Gasteiger partial charge in [-0.1, -0.05) is 13.8 Å². The van der Waals surface area contributed by atoms with Crippen LogP contribution >= 0.6 is 0 Å². The van der Waals surface area contributed by atoms with Crippen LogP contribution in [0, 0.1) is 5.92 Å². The van der Waals surface area contributed by atoms with Crippen LogP contribution in [0.1, 0.15) is 50.5 Å². The number of nitrogens with zero attached hydrogens (tertiary/aromatic N) is 1. The zero-order valence-electron chi connectivity index (χ0n) is 12.2. The van der Waals surface area contributed by atoms with Crippen molar-refractivity contribution < 1.29 is 4.42 Å². The highest BCUT2D eigenvalue weighted by molar-refractivity contribution is 5.17. The summed E-state index contributed by atoms with van der Waals surface area (Å²) < 4.78 is 6.01. The van der Waals surface area contributed by atoms with E-state index in [2.05, 4.69) is 36.2 Å². The number of nitrogens with one attached hydrogen (secondary N) is 1. The van der Waals surface area contributed by atoms with Crippen LogP contribution in [0.3, 0.4) is 0 Å².